The van der Waals surface area contributed by atoms with Gasteiger partial charge in [-0.15, -0.1) is 4.37 Å². The van der Waals surface area contributed by atoms with Gasteiger partial charge in [-0.3, -0.25) is 10.1 Å². The van der Waals surface area contributed by atoms with Gasteiger partial charge in [0.2, 0.25) is 11.1 Å². The largest absolute Gasteiger partial charge is 0.466 e. The Kier molecular flexibility index (Phi) is 3.47. The van der Waals surface area contributed by atoms with Gasteiger partial charge in [0, 0.05) is 17.7 Å². The number of hydrogen-bond donors (Lipinski definition) is 1. The average molecular weight is 268 g/mol. The van der Waals surface area contributed by atoms with E-state index in [2.05, 4.69) is 19.7 Å². The summed E-state index contributed by atoms with van der Waals surface area (Å²) in [5, 5.41) is 2.68. The number of anilines is 1. The summed E-state index contributed by atoms with van der Waals surface area (Å²) in [5.41, 5.74) is 0.392. The highest BCUT2D eigenvalue weighted by atomic mass is 32.1. The summed E-state index contributed by atoms with van der Waals surface area (Å²) >= 11 is 0.948. The van der Waals surface area contributed by atoms with Crippen molar-refractivity contribution in [2.45, 2.75) is 6.92 Å². The minimum atomic E-state index is -0.816. The minimum Gasteiger partial charge on any atom is -0.466 e. The van der Waals surface area contributed by atoms with E-state index in [9.17, 15) is 9.18 Å². The predicted molar refractivity (Wildman–Crippen MR) is 63.3 cm³/mol. The molecule has 0 spiro atoms. The Morgan fingerprint density at radius 3 is 2.94 bits per heavy atom. The maximum atomic E-state index is 13.4. The van der Waals surface area contributed by atoms with Crippen molar-refractivity contribution in [2.75, 3.05) is 12.4 Å². The lowest BCUT2D eigenvalue weighted by Gasteiger charge is -2.04. The first-order valence-electron chi connectivity index (χ1n) is 4.92. The Balaban J connectivity index is 2.22. The fourth-order valence-corrected chi connectivity index (χ4v) is 1.84. The van der Waals surface area contributed by atoms with Crippen molar-refractivity contribution in [2.24, 2.45) is 0 Å². The normalized spacial score (nSPS) is 10.2. The molecular formula is C10H9FN4O2S. The molecule has 2 aromatic heterocycles. The van der Waals surface area contributed by atoms with Gasteiger partial charge in [0.25, 0.3) is 5.91 Å². The van der Waals surface area contributed by atoms with Gasteiger partial charge >= 0.3 is 6.01 Å². The summed E-state index contributed by atoms with van der Waals surface area (Å²) in [6, 6.07) is 1.71. The summed E-state index contributed by atoms with van der Waals surface area (Å²) in [4.78, 5) is 19.2. The fourth-order valence-electron chi connectivity index (χ4n) is 1.30. The van der Waals surface area contributed by atoms with Gasteiger partial charge in [0.15, 0.2) is 0 Å². The van der Waals surface area contributed by atoms with Crippen molar-refractivity contribution in [3.63, 3.8) is 0 Å². The zero-order chi connectivity index (χ0) is 13.1. The van der Waals surface area contributed by atoms with Gasteiger partial charge in [0.1, 0.15) is 0 Å². The number of methoxy groups -OCH3 is 1. The second-order valence-corrected chi connectivity index (χ2v) is 4.09. The molecule has 0 fully saturated rings. The number of aromatic nitrogens is 3. The van der Waals surface area contributed by atoms with Crippen LogP contribution in [0.2, 0.25) is 0 Å². The maximum absolute atomic E-state index is 13.4. The number of pyridine rings is 1. The molecule has 0 bridgehead atoms. The topological polar surface area (TPSA) is 77.0 Å². The van der Waals surface area contributed by atoms with Gasteiger partial charge in [-0.25, -0.2) is 4.98 Å². The van der Waals surface area contributed by atoms with E-state index in [1.807, 2.05) is 0 Å². The molecule has 0 saturated carbocycles. The van der Waals surface area contributed by atoms with Crippen LogP contribution in [0.3, 0.4) is 0 Å². The molecule has 1 N–H and O–H groups in total. The van der Waals surface area contributed by atoms with Crippen LogP contribution in [0.15, 0.2) is 12.3 Å². The standard InChI is InChI=1S/C10H9FN4O2S/c1-5-3-4-12-7(11)6(5)8(16)13-10-14-9(17-2)15-18-10/h3-4H,1-2H3,(H,13,14,15,16). The number of rotatable bonds is 3. The van der Waals surface area contributed by atoms with Crippen LogP contribution in [-0.4, -0.2) is 27.4 Å². The Morgan fingerprint density at radius 2 is 2.33 bits per heavy atom. The zero-order valence-electron chi connectivity index (χ0n) is 9.60. The SMILES string of the molecule is COc1nsc(NC(=O)c2c(C)ccnc2F)n1. The maximum Gasteiger partial charge on any atom is 0.329 e. The number of nitrogens with one attached hydrogen (secondary N) is 1. The number of ether oxygens (including phenoxy) is 1. The molecule has 0 aromatic carbocycles. The minimum absolute atomic E-state index is 0.105. The van der Waals surface area contributed by atoms with E-state index in [0.29, 0.717) is 5.56 Å². The Labute approximate surface area is 106 Å². The number of amides is 1. The molecule has 6 nitrogen and oxygen atoms in total. The van der Waals surface area contributed by atoms with E-state index in [1.54, 1.807) is 13.0 Å². The number of nitrogens with zero attached hydrogens (tertiary/aromatic N) is 3. The predicted octanol–water partition coefficient (Wildman–Crippen LogP) is 1.64. The molecule has 1 amide bonds. The molecule has 2 heterocycles. The first-order chi connectivity index (χ1) is 8.61. The molecule has 0 aliphatic carbocycles. The van der Waals surface area contributed by atoms with E-state index in [-0.39, 0.29) is 16.7 Å². The smallest absolute Gasteiger partial charge is 0.329 e. The third-order valence-electron chi connectivity index (χ3n) is 2.15. The van der Waals surface area contributed by atoms with E-state index < -0.39 is 11.9 Å². The summed E-state index contributed by atoms with van der Waals surface area (Å²) in [7, 11) is 1.42. The van der Waals surface area contributed by atoms with E-state index in [4.69, 9.17) is 4.74 Å². The molecule has 0 aliphatic heterocycles. The lowest BCUT2D eigenvalue weighted by atomic mass is 10.1. The third-order valence-corrected chi connectivity index (χ3v) is 2.76. The van der Waals surface area contributed by atoms with Crippen LogP contribution >= 0.6 is 11.5 Å². The number of aryl methyl sites for hydroxylation is 1. The molecule has 2 aromatic rings. The van der Waals surface area contributed by atoms with Crippen molar-refractivity contribution in [3.05, 3.63) is 29.3 Å². The molecule has 8 heteroatoms. The summed E-state index contributed by atoms with van der Waals surface area (Å²) in [6.45, 7) is 1.63. The third kappa shape index (κ3) is 2.43. The molecule has 0 unspecified atom stereocenters. The van der Waals surface area contributed by atoms with Crippen LogP contribution in [0.4, 0.5) is 9.52 Å². The summed E-state index contributed by atoms with van der Waals surface area (Å²) < 4.78 is 22.0. The van der Waals surface area contributed by atoms with Crippen molar-refractivity contribution >= 4 is 22.6 Å². The van der Waals surface area contributed by atoms with Gasteiger partial charge in [0.05, 0.1) is 12.7 Å². The quantitative estimate of drug-likeness (QED) is 0.856. The lowest BCUT2D eigenvalue weighted by Crippen LogP contribution is -2.16. The van der Waals surface area contributed by atoms with Crippen LogP contribution in [0.1, 0.15) is 15.9 Å². The zero-order valence-corrected chi connectivity index (χ0v) is 10.4. The average Bonchev–Trinajstić information content (AvgIpc) is 2.76. The molecule has 0 radical (unpaired) electrons. The van der Waals surface area contributed by atoms with Crippen LogP contribution in [0.25, 0.3) is 0 Å². The second kappa shape index (κ2) is 5.05. The summed E-state index contributed by atoms with van der Waals surface area (Å²) in [5.74, 6) is -1.43. The monoisotopic (exact) mass is 268 g/mol. The molecular weight excluding hydrogens is 259 g/mol. The van der Waals surface area contributed by atoms with Crippen LogP contribution < -0.4 is 10.1 Å². The lowest BCUT2D eigenvalue weighted by molar-refractivity contribution is 0.102. The Bertz CT molecular complexity index is 567. The fraction of sp³-hybridized carbons (Fsp3) is 0.200. The van der Waals surface area contributed by atoms with Gasteiger partial charge < -0.3 is 4.74 Å². The highest BCUT2D eigenvalue weighted by Gasteiger charge is 2.17. The van der Waals surface area contributed by atoms with Gasteiger partial charge in [-0.1, -0.05) is 0 Å². The number of halogens is 1. The van der Waals surface area contributed by atoms with Crippen molar-refractivity contribution in [3.8, 4) is 6.01 Å². The number of carbonyl (C=O) groups is 1. The van der Waals surface area contributed by atoms with E-state index in [1.165, 1.54) is 13.3 Å². The van der Waals surface area contributed by atoms with E-state index in [0.717, 1.165) is 11.5 Å². The molecule has 2 rings (SSSR count). The Morgan fingerprint density at radius 1 is 1.56 bits per heavy atom. The number of carbonyl (C=O) groups excluding carboxylic acids is 1. The molecule has 0 saturated heterocycles. The first kappa shape index (κ1) is 12.4. The van der Waals surface area contributed by atoms with Crippen molar-refractivity contribution in [1.82, 2.24) is 14.3 Å². The second-order valence-electron chi connectivity index (χ2n) is 3.33. The van der Waals surface area contributed by atoms with Crippen LogP contribution in [0, 0.1) is 12.9 Å². The van der Waals surface area contributed by atoms with Crippen molar-refractivity contribution < 1.29 is 13.9 Å². The summed E-state index contributed by atoms with van der Waals surface area (Å²) in [6.07, 6.45) is 1.30. The van der Waals surface area contributed by atoms with Gasteiger partial charge in [-0.05, 0) is 18.6 Å². The molecule has 18 heavy (non-hydrogen) atoms. The van der Waals surface area contributed by atoms with E-state index >= 15 is 0 Å². The first-order valence-corrected chi connectivity index (χ1v) is 5.69. The highest BCUT2D eigenvalue weighted by molar-refractivity contribution is 7.10. The molecule has 94 valence electrons. The van der Waals surface area contributed by atoms with Crippen molar-refractivity contribution in [1.29, 1.82) is 0 Å². The van der Waals surface area contributed by atoms with Gasteiger partial charge in [-0.2, -0.15) is 9.37 Å². The number of hydrogen-bond acceptors (Lipinski definition) is 6. The van der Waals surface area contributed by atoms with Crippen LogP contribution in [-0.2, 0) is 0 Å². The molecule has 0 atom stereocenters. The Hall–Kier alpha value is -2.09. The highest BCUT2D eigenvalue weighted by Crippen LogP contribution is 2.18. The molecule has 0 aliphatic rings. The van der Waals surface area contributed by atoms with Crippen LogP contribution in [0.5, 0.6) is 6.01 Å².